The van der Waals surface area contributed by atoms with Gasteiger partial charge in [0.15, 0.2) is 0 Å². The van der Waals surface area contributed by atoms with Gasteiger partial charge in [-0.1, -0.05) is 12.1 Å². The zero-order valence-corrected chi connectivity index (χ0v) is 13.5. The summed E-state index contributed by atoms with van der Waals surface area (Å²) in [5, 5.41) is 4.14. The summed E-state index contributed by atoms with van der Waals surface area (Å²) in [5.74, 6) is 0.667. The number of nitrogen functional groups attached to an aromatic ring is 1. The third kappa shape index (κ3) is 3.07. The number of amides is 1. The lowest BCUT2D eigenvalue weighted by atomic mass is 10.0. The molecule has 2 aromatic rings. The number of carbonyl (C=O) groups excluding carboxylic acids is 1. The Morgan fingerprint density at radius 2 is 2.09 bits per heavy atom. The highest BCUT2D eigenvalue weighted by molar-refractivity contribution is 5.95. The van der Waals surface area contributed by atoms with E-state index in [9.17, 15) is 4.79 Å². The number of aryl methyl sites for hydroxylation is 1. The van der Waals surface area contributed by atoms with Crippen LogP contribution in [0.5, 0.6) is 0 Å². The second-order valence-electron chi connectivity index (χ2n) is 5.90. The number of aromatic nitrogens is 2. The van der Waals surface area contributed by atoms with Crippen molar-refractivity contribution in [1.29, 1.82) is 0 Å². The van der Waals surface area contributed by atoms with Crippen molar-refractivity contribution >= 4 is 11.7 Å². The van der Waals surface area contributed by atoms with Crippen LogP contribution in [0.2, 0.25) is 0 Å². The van der Waals surface area contributed by atoms with Gasteiger partial charge in [-0.25, -0.2) is 0 Å². The maximum Gasteiger partial charge on any atom is 0.253 e. The number of ether oxygens (including phenoxy) is 1. The van der Waals surface area contributed by atoms with Crippen LogP contribution in [-0.2, 0) is 11.8 Å². The molecule has 122 valence electrons. The molecule has 6 nitrogen and oxygen atoms in total. The number of benzene rings is 1. The minimum absolute atomic E-state index is 0.0532. The number of hydrogen-bond donors (Lipinski definition) is 1. The molecule has 3 rings (SSSR count). The van der Waals surface area contributed by atoms with Gasteiger partial charge in [-0.3, -0.25) is 9.48 Å². The number of carbonyl (C=O) groups is 1. The molecule has 1 atom stereocenters. The normalized spacial score (nSPS) is 18.2. The Hall–Kier alpha value is -2.34. The predicted octanol–water partition coefficient (Wildman–Crippen LogP) is 1.92. The Morgan fingerprint density at radius 1 is 1.35 bits per heavy atom. The molecule has 0 spiro atoms. The number of methoxy groups -OCH3 is 1. The number of rotatable bonds is 3. The largest absolute Gasteiger partial charge is 0.383 e. The van der Waals surface area contributed by atoms with Gasteiger partial charge < -0.3 is 15.4 Å². The summed E-state index contributed by atoms with van der Waals surface area (Å²) >= 11 is 0. The summed E-state index contributed by atoms with van der Waals surface area (Å²) in [6.45, 7) is 1.45. The molecular formula is C17H22N4O2. The summed E-state index contributed by atoms with van der Waals surface area (Å²) in [5.41, 5.74) is 8.52. The van der Waals surface area contributed by atoms with E-state index >= 15 is 0 Å². The van der Waals surface area contributed by atoms with Crippen molar-refractivity contribution in [2.24, 2.45) is 7.05 Å². The highest BCUT2D eigenvalue weighted by Crippen LogP contribution is 2.25. The van der Waals surface area contributed by atoms with E-state index in [2.05, 4.69) is 5.10 Å². The zero-order chi connectivity index (χ0) is 16.4. The third-order valence-electron chi connectivity index (χ3n) is 4.43. The van der Waals surface area contributed by atoms with E-state index in [0.717, 1.165) is 30.5 Å². The molecule has 1 aromatic carbocycles. The second kappa shape index (κ2) is 6.42. The van der Waals surface area contributed by atoms with Gasteiger partial charge in [-0.2, -0.15) is 5.10 Å². The van der Waals surface area contributed by atoms with Crippen LogP contribution in [0, 0.1) is 0 Å². The maximum absolute atomic E-state index is 12.6. The summed E-state index contributed by atoms with van der Waals surface area (Å²) in [4.78, 5) is 14.5. The van der Waals surface area contributed by atoms with Gasteiger partial charge in [0.2, 0.25) is 0 Å². The van der Waals surface area contributed by atoms with Crippen LogP contribution in [-0.4, -0.2) is 46.9 Å². The summed E-state index contributed by atoms with van der Waals surface area (Å²) in [6.07, 6.45) is 3.87. The van der Waals surface area contributed by atoms with Crippen molar-refractivity contribution < 1.29 is 9.53 Å². The first-order valence-electron chi connectivity index (χ1n) is 7.80. The Labute approximate surface area is 135 Å². The van der Waals surface area contributed by atoms with Gasteiger partial charge in [-0.15, -0.1) is 0 Å². The fraction of sp³-hybridized carbons (Fsp3) is 0.412. The summed E-state index contributed by atoms with van der Waals surface area (Å²) < 4.78 is 7.01. The van der Waals surface area contributed by atoms with Gasteiger partial charge >= 0.3 is 0 Å². The van der Waals surface area contributed by atoms with Crippen LogP contribution < -0.4 is 5.73 Å². The standard InChI is InChI=1S/C17H22N4O2/c1-20-16(18)15(10-19-20)12-5-7-13(8-6-12)17(22)21-9-3-4-14(11-21)23-2/h5-8,10,14H,3-4,9,11,18H2,1-2H3/t14-/m1/s1. The number of anilines is 1. The molecule has 1 aliphatic heterocycles. The summed E-state index contributed by atoms with van der Waals surface area (Å²) in [7, 11) is 3.51. The number of nitrogens with zero attached hydrogens (tertiary/aromatic N) is 3. The van der Waals surface area contributed by atoms with E-state index in [1.165, 1.54) is 0 Å². The van der Waals surface area contributed by atoms with Gasteiger partial charge in [0.25, 0.3) is 5.91 Å². The molecule has 0 bridgehead atoms. The van der Waals surface area contributed by atoms with Gasteiger partial charge in [0.1, 0.15) is 5.82 Å². The minimum Gasteiger partial charge on any atom is -0.383 e. The SMILES string of the molecule is CO[C@@H]1CCCN(C(=O)c2ccc(-c3cnn(C)c3N)cc2)C1. The first-order valence-corrected chi connectivity index (χ1v) is 7.80. The minimum atomic E-state index is 0.0532. The molecule has 0 saturated carbocycles. The molecule has 1 saturated heterocycles. The number of likely N-dealkylation sites (tertiary alicyclic amines) is 1. The predicted molar refractivity (Wildman–Crippen MR) is 89.0 cm³/mol. The van der Waals surface area contributed by atoms with Gasteiger partial charge in [-0.05, 0) is 30.5 Å². The van der Waals surface area contributed by atoms with Crippen molar-refractivity contribution in [1.82, 2.24) is 14.7 Å². The van der Waals surface area contributed by atoms with Crippen molar-refractivity contribution in [3.8, 4) is 11.1 Å². The van der Waals surface area contributed by atoms with Crippen LogP contribution in [0.3, 0.4) is 0 Å². The van der Waals surface area contributed by atoms with E-state index in [1.807, 2.05) is 29.2 Å². The Bertz CT molecular complexity index is 693. The van der Waals surface area contributed by atoms with Gasteiger partial charge in [0.05, 0.1) is 12.3 Å². The lowest BCUT2D eigenvalue weighted by Gasteiger charge is -2.32. The monoisotopic (exact) mass is 314 g/mol. The molecule has 2 N–H and O–H groups in total. The molecule has 23 heavy (non-hydrogen) atoms. The highest BCUT2D eigenvalue weighted by atomic mass is 16.5. The zero-order valence-electron chi connectivity index (χ0n) is 13.5. The van der Waals surface area contributed by atoms with Gasteiger partial charge in [0, 0.05) is 38.4 Å². The van der Waals surface area contributed by atoms with E-state index in [-0.39, 0.29) is 12.0 Å². The molecule has 0 aliphatic carbocycles. The lowest BCUT2D eigenvalue weighted by Crippen LogP contribution is -2.42. The maximum atomic E-state index is 12.6. The average Bonchev–Trinajstić information content (AvgIpc) is 2.93. The van der Waals surface area contributed by atoms with Crippen LogP contribution >= 0.6 is 0 Å². The van der Waals surface area contributed by atoms with Crippen molar-refractivity contribution in [3.05, 3.63) is 36.0 Å². The van der Waals surface area contributed by atoms with Crippen LogP contribution in [0.15, 0.2) is 30.5 Å². The second-order valence-corrected chi connectivity index (χ2v) is 5.90. The fourth-order valence-corrected chi connectivity index (χ4v) is 2.96. The molecule has 2 heterocycles. The van der Waals surface area contributed by atoms with Crippen molar-refractivity contribution in [3.63, 3.8) is 0 Å². The van der Waals surface area contributed by atoms with E-state index in [1.54, 1.807) is 25.0 Å². The first kappa shape index (κ1) is 15.6. The fourth-order valence-electron chi connectivity index (χ4n) is 2.96. The lowest BCUT2D eigenvalue weighted by molar-refractivity contribution is 0.0269. The molecule has 6 heteroatoms. The van der Waals surface area contributed by atoms with Crippen LogP contribution in [0.25, 0.3) is 11.1 Å². The van der Waals surface area contributed by atoms with Crippen LogP contribution in [0.1, 0.15) is 23.2 Å². The van der Waals surface area contributed by atoms with E-state index in [0.29, 0.717) is 17.9 Å². The van der Waals surface area contributed by atoms with E-state index < -0.39 is 0 Å². The molecule has 1 fully saturated rings. The molecular weight excluding hydrogens is 292 g/mol. The number of nitrogens with two attached hydrogens (primary N) is 1. The Kier molecular flexibility index (Phi) is 4.34. The number of piperidine rings is 1. The highest BCUT2D eigenvalue weighted by Gasteiger charge is 2.24. The quantitative estimate of drug-likeness (QED) is 0.939. The van der Waals surface area contributed by atoms with Crippen LogP contribution in [0.4, 0.5) is 5.82 Å². The van der Waals surface area contributed by atoms with E-state index in [4.69, 9.17) is 10.5 Å². The number of hydrogen-bond acceptors (Lipinski definition) is 4. The van der Waals surface area contributed by atoms with Crippen molar-refractivity contribution in [2.75, 3.05) is 25.9 Å². The topological polar surface area (TPSA) is 73.4 Å². The molecule has 1 amide bonds. The Balaban J connectivity index is 1.76. The first-order chi connectivity index (χ1) is 11.1. The molecule has 0 radical (unpaired) electrons. The molecule has 1 aromatic heterocycles. The smallest absolute Gasteiger partial charge is 0.253 e. The van der Waals surface area contributed by atoms with Crippen molar-refractivity contribution in [2.45, 2.75) is 18.9 Å². The third-order valence-corrected chi connectivity index (χ3v) is 4.43. The summed E-state index contributed by atoms with van der Waals surface area (Å²) in [6, 6.07) is 7.53. The Morgan fingerprint density at radius 3 is 2.70 bits per heavy atom. The molecule has 1 aliphatic rings. The molecule has 0 unspecified atom stereocenters. The average molecular weight is 314 g/mol.